The topological polar surface area (TPSA) is 42.0 Å². The average molecular weight is 477 g/mol. The number of pyridine rings is 1. The quantitative estimate of drug-likeness (QED) is 0.452. The summed E-state index contributed by atoms with van der Waals surface area (Å²) in [5.41, 5.74) is 3.61. The smallest absolute Gasteiger partial charge is 0.150 e. The number of piperidine rings is 1. The van der Waals surface area contributed by atoms with Gasteiger partial charge in [-0.3, -0.25) is 9.78 Å². The van der Waals surface area contributed by atoms with Crippen molar-refractivity contribution in [2.45, 2.75) is 56.9 Å². The summed E-state index contributed by atoms with van der Waals surface area (Å²) in [7, 11) is 0. The number of rotatable bonds is 4. The van der Waals surface area contributed by atoms with Crippen molar-refractivity contribution in [2.24, 2.45) is 17.8 Å². The van der Waals surface area contributed by atoms with E-state index in [1.54, 1.807) is 12.3 Å². The third kappa shape index (κ3) is 4.38. The molecule has 1 spiro atoms. The molecule has 2 aromatic carbocycles. The third-order valence-electron chi connectivity index (χ3n) is 8.46. The minimum Gasteiger partial charge on any atom is -0.304 e. The molecule has 6 rings (SSSR count). The molecule has 2 heterocycles. The fraction of sp³-hybridized carbons (Fsp3) is 0.448. The number of aromatic nitrogens is 1. The average Bonchev–Trinajstić information content (AvgIpc) is 3.69. The Morgan fingerprint density at radius 1 is 1.03 bits per heavy atom. The molecule has 3 aliphatic rings. The number of carbonyl (C=O) groups is 1. The van der Waals surface area contributed by atoms with Gasteiger partial charge in [0.05, 0.1) is 17.1 Å². The van der Waals surface area contributed by atoms with Gasteiger partial charge in [0, 0.05) is 23.0 Å². The van der Waals surface area contributed by atoms with E-state index in [4.69, 9.17) is 11.6 Å². The lowest BCUT2D eigenvalue weighted by atomic mass is 9.68. The zero-order valence-corrected chi connectivity index (χ0v) is 20.1. The van der Waals surface area contributed by atoms with Crippen molar-refractivity contribution in [3.05, 3.63) is 65.1 Å². The summed E-state index contributed by atoms with van der Waals surface area (Å²) in [6.07, 6.45) is 10.3. The molecule has 1 aromatic heterocycles. The number of Topliss-reactive ketones (excluding diaryl/α,β-unsaturated/α-hetero) is 1. The highest BCUT2D eigenvalue weighted by Crippen LogP contribution is 2.47. The molecule has 3 nitrogen and oxygen atoms in total. The summed E-state index contributed by atoms with van der Waals surface area (Å²) in [5, 5.41) is 5.18. The minimum absolute atomic E-state index is 0.128. The van der Waals surface area contributed by atoms with Crippen LogP contribution in [0.2, 0.25) is 5.02 Å². The number of nitrogens with zero attached hydrogens (tertiary/aromatic N) is 1. The van der Waals surface area contributed by atoms with Crippen LogP contribution in [-0.2, 0) is 11.2 Å². The van der Waals surface area contributed by atoms with Crippen molar-refractivity contribution in [3.63, 3.8) is 0 Å². The van der Waals surface area contributed by atoms with Gasteiger partial charge in [-0.25, -0.2) is 4.39 Å². The van der Waals surface area contributed by atoms with Crippen LogP contribution in [0.1, 0.15) is 50.5 Å². The molecule has 3 fully saturated rings. The molecule has 0 radical (unpaired) electrons. The maximum absolute atomic E-state index is 15.1. The standard InChI is InChI=1S/C29H30ClFN2O/c30-24-12-23-6-4-21(14-27(23)32-16-24)20-3-5-22(26(31)13-20)11-18-7-9-29(10-8-18)15-25(19-1-2-19)28(34)17-33-29/h3-6,12-14,16,18-19,25,33H,1-2,7-11,15,17H2. The monoisotopic (exact) mass is 476 g/mol. The lowest BCUT2D eigenvalue weighted by molar-refractivity contribution is -0.126. The fourth-order valence-electron chi connectivity index (χ4n) is 6.23. The molecular weight excluding hydrogens is 447 g/mol. The van der Waals surface area contributed by atoms with Gasteiger partial charge in [-0.15, -0.1) is 0 Å². The number of ketones is 1. The highest BCUT2D eigenvalue weighted by atomic mass is 35.5. The minimum atomic E-state index is -0.128. The number of hydrogen-bond donors (Lipinski definition) is 1. The molecule has 2 aliphatic carbocycles. The van der Waals surface area contributed by atoms with E-state index in [1.165, 1.54) is 12.8 Å². The van der Waals surface area contributed by atoms with Crippen LogP contribution < -0.4 is 5.32 Å². The van der Waals surface area contributed by atoms with E-state index in [0.717, 1.165) is 66.1 Å². The molecule has 3 aromatic rings. The van der Waals surface area contributed by atoms with Gasteiger partial charge in [0.25, 0.3) is 0 Å². The zero-order chi connectivity index (χ0) is 23.3. The molecule has 1 aliphatic heterocycles. The Labute approximate surface area is 205 Å². The van der Waals surface area contributed by atoms with E-state index in [-0.39, 0.29) is 17.3 Å². The maximum Gasteiger partial charge on any atom is 0.150 e. The zero-order valence-electron chi connectivity index (χ0n) is 19.3. The molecule has 34 heavy (non-hydrogen) atoms. The summed E-state index contributed by atoms with van der Waals surface area (Å²) in [6.45, 7) is 0.541. The van der Waals surface area contributed by atoms with Gasteiger partial charge in [0.1, 0.15) is 11.6 Å². The van der Waals surface area contributed by atoms with Gasteiger partial charge in [0.15, 0.2) is 0 Å². The van der Waals surface area contributed by atoms with Crippen molar-refractivity contribution in [2.75, 3.05) is 6.54 Å². The second-order valence-corrected chi connectivity index (χ2v) is 11.2. The van der Waals surface area contributed by atoms with E-state index in [2.05, 4.69) is 10.3 Å². The molecule has 0 amide bonds. The van der Waals surface area contributed by atoms with Crippen molar-refractivity contribution in [1.82, 2.24) is 10.3 Å². The molecule has 5 heteroatoms. The predicted molar refractivity (Wildman–Crippen MR) is 134 cm³/mol. The Kier molecular flexibility index (Phi) is 5.69. The molecule has 176 valence electrons. The molecule has 2 saturated carbocycles. The van der Waals surface area contributed by atoms with Gasteiger partial charge in [-0.2, -0.15) is 0 Å². The Hall–Kier alpha value is -2.30. The van der Waals surface area contributed by atoms with E-state index < -0.39 is 0 Å². The van der Waals surface area contributed by atoms with Gasteiger partial charge < -0.3 is 5.32 Å². The van der Waals surface area contributed by atoms with Crippen LogP contribution in [0.15, 0.2) is 48.7 Å². The van der Waals surface area contributed by atoms with Gasteiger partial charge in [0.2, 0.25) is 0 Å². The summed E-state index contributed by atoms with van der Waals surface area (Å²) in [5.74, 6) is 1.72. The summed E-state index contributed by atoms with van der Waals surface area (Å²) < 4.78 is 15.1. The lowest BCUT2D eigenvalue weighted by Gasteiger charge is -2.46. The van der Waals surface area contributed by atoms with E-state index in [1.807, 2.05) is 36.4 Å². The molecule has 1 unspecified atom stereocenters. The Morgan fingerprint density at radius 3 is 2.56 bits per heavy atom. The first-order chi connectivity index (χ1) is 16.5. The second-order valence-electron chi connectivity index (χ2n) is 10.8. The van der Waals surface area contributed by atoms with E-state index in [0.29, 0.717) is 29.2 Å². The number of carbonyl (C=O) groups excluding carboxylic acids is 1. The van der Waals surface area contributed by atoms with Crippen LogP contribution >= 0.6 is 11.6 Å². The Balaban J connectivity index is 1.12. The highest BCUT2D eigenvalue weighted by Gasteiger charge is 2.47. The SMILES string of the molecule is O=C1CNC2(CCC(Cc3ccc(-c4ccc5cc(Cl)cnc5c4)cc3F)CC2)CC1C1CC1. The highest BCUT2D eigenvalue weighted by molar-refractivity contribution is 6.31. The number of fused-ring (bicyclic) bond motifs is 1. The van der Waals surface area contributed by atoms with Crippen LogP contribution in [0.25, 0.3) is 22.0 Å². The third-order valence-corrected chi connectivity index (χ3v) is 8.67. The Bertz CT molecular complexity index is 1250. The second kappa shape index (κ2) is 8.73. The maximum atomic E-state index is 15.1. The van der Waals surface area contributed by atoms with Crippen LogP contribution in [0.5, 0.6) is 0 Å². The molecule has 1 N–H and O–H groups in total. The van der Waals surface area contributed by atoms with Crippen LogP contribution in [0, 0.1) is 23.6 Å². The van der Waals surface area contributed by atoms with Gasteiger partial charge in [-0.1, -0.05) is 35.9 Å². The number of hydrogen-bond acceptors (Lipinski definition) is 3. The molecule has 1 atom stereocenters. The molecule has 1 saturated heterocycles. The predicted octanol–water partition coefficient (Wildman–Crippen LogP) is 6.75. The van der Waals surface area contributed by atoms with Gasteiger partial charge >= 0.3 is 0 Å². The van der Waals surface area contributed by atoms with Crippen molar-refractivity contribution >= 4 is 28.3 Å². The number of nitrogens with one attached hydrogen (secondary N) is 1. The molecular formula is C29H30ClFN2O. The first-order valence-corrected chi connectivity index (χ1v) is 13.0. The van der Waals surface area contributed by atoms with E-state index in [9.17, 15) is 4.79 Å². The summed E-state index contributed by atoms with van der Waals surface area (Å²) in [6, 6.07) is 13.5. The first kappa shape index (κ1) is 22.2. The summed E-state index contributed by atoms with van der Waals surface area (Å²) in [4.78, 5) is 16.7. The summed E-state index contributed by atoms with van der Waals surface area (Å²) >= 11 is 6.03. The first-order valence-electron chi connectivity index (χ1n) is 12.6. The molecule has 0 bridgehead atoms. The largest absolute Gasteiger partial charge is 0.304 e. The van der Waals surface area contributed by atoms with Crippen molar-refractivity contribution in [3.8, 4) is 11.1 Å². The number of benzene rings is 2. The number of halogens is 2. The van der Waals surface area contributed by atoms with E-state index >= 15 is 4.39 Å². The van der Waals surface area contributed by atoms with Crippen LogP contribution in [0.4, 0.5) is 4.39 Å². The van der Waals surface area contributed by atoms with Gasteiger partial charge in [-0.05, 0) is 98.1 Å². The Morgan fingerprint density at radius 2 is 1.79 bits per heavy atom. The van der Waals surface area contributed by atoms with Crippen LogP contribution in [0.3, 0.4) is 0 Å². The van der Waals surface area contributed by atoms with Crippen molar-refractivity contribution in [1.29, 1.82) is 0 Å². The van der Waals surface area contributed by atoms with Crippen molar-refractivity contribution < 1.29 is 9.18 Å². The lowest BCUT2D eigenvalue weighted by Crippen LogP contribution is -2.56. The fourth-order valence-corrected chi connectivity index (χ4v) is 6.40. The normalized spacial score (nSPS) is 27.4. The van der Waals surface area contributed by atoms with Crippen LogP contribution in [-0.4, -0.2) is 22.9 Å².